The van der Waals surface area contributed by atoms with Crippen molar-refractivity contribution >= 4 is 16.8 Å². The minimum absolute atomic E-state index is 0.0561. The third-order valence-corrected chi connectivity index (χ3v) is 4.62. The van der Waals surface area contributed by atoms with E-state index < -0.39 is 0 Å². The van der Waals surface area contributed by atoms with E-state index in [-0.39, 0.29) is 11.9 Å². The lowest BCUT2D eigenvalue weighted by molar-refractivity contribution is 0.0921. The summed E-state index contributed by atoms with van der Waals surface area (Å²) in [5, 5.41) is 8.69. The molecule has 1 saturated carbocycles. The minimum atomic E-state index is -0.0561. The first-order chi connectivity index (χ1) is 11.8. The standard InChI is InChI=1S/C19H20N4O/c24-19(21-14-7-2-1-3-8-14)18-16-10-4-5-11-17(16)22-23(18)15-9-6-12-20-13-15/h4-6,9-14H,1-3,7-8H2,(H,21,24). The summed E-state index contributed by atoms with van der Waals surface area (Å²) in [4.78, 5) is 17.1. The number of amides is 1. The van der Waals surface area contributed by atoms with Gasteiger partial charge in [0.25, 0.3) is 5.91 Å². The molecule has 1 aromatic carbocycles. The normalized spacial score (nSPS) is 15.5. The molecule has 0 saturated heterocycles. The number of hydrogen-bond acceptors (Lipinski definition) is 3. The van der Waals surface area contributed by atoms with Crippen LogP contribution in [-0.2, 0) is 0 Å². The molecule has 2 heterocycles. The summed E-state index contributed by atoms with van der Waals surface area (Å²) in [7, 11) is 0. The van der Waals surface area contributed by atoms with Gasteiger partial charge in [-0.1, -0.05) is 37.5 Å². The summed E-state index contributed by atoms with van der Waals surface area (Å²) in [6, 6.07) is 11.8. The van der Waals surface area contributed by atoms with E-state index in [4.69, 9.17) is 0 Å². The fraction of sp³-hybridized carbons (Fsp3) is 0.316. The lowest BCUT2D eigenvalue weighted by atomic mass is 9.95. The third kappa shape index (κ3) is 2.77. The van der Waals surface area contributed by atoms with Crippen LogP contribution in [0.15, 0.2) is 48.8 Å². The van der Waals surface area contributed by atoms with E-state index >= 15 is 0 Å². The second kappa shape index (κ2) is 6.43. The summed E-state index contributed by atoms with van der Waals surface area (Å²) in [6.07, 6.45) is 9.21. The molecular formula is C19H20N4O. The zero-order chi connectivity index (χ0) is 16.4. The largest absolute Gasteiger partial charge is 0.348 e. The Hall–Kier alpha value is -2.69. The van der Waals surface area contributed by atoms with Gasteiger partial charge >= 0.3 is 0 Å². The summed E-state index contributed by atoms with van der Waals surface area (Å²) in [5.74, 6) is -0.0561. The van der Waals surface area contributed by atoms with Crippen molar-refractivity contribution in [1.82, 2.24) is 20.1 Å². The van der Waals surface area contributed by atoms with Crippen LogP contribution < -0.4 is 5.32 Å². The lowest BCUT2D eigenvalue weighted by Gasteiger charge is -2.23. The van der Waals surface area contributed by atoms with E-state index in [1.165, 1.54) is 19.3 Å². The van der Waals surface area contributed by atoms with Crippen LogP contribution in [0.25, 0.3) is 16.6 Å². The van der Waals surface area contributed by atoms with Crippen LogP contribution in [0, 0.1) is 0 Å². The van der Waals surface area contributed by atoms with E-state index in [1.54, 1.807) is 17.1 Å². The van der Waals surface area contributed by atoms with Crippen molar-refractivity contribution in [2.75, 3.05) is 0 Å². The maximum absolute atomic E-state index is 13.0. The predicted octanol–water partition coefficient (Wildman–Crippen LogP) is 3.48. The number of fused-ring (bicyclic) bond motifs is 1. The molecule has 0 bridgehead atoms. The number of nitrogens with zero attached hydrogens (tertiary/aromatic N) is 3. The van der Waals surface area contributed by atoms with Gasteiger partial charge in [-0.15, -0.1) is 0 Å². The van der Waals surface area contributed by atoms with E-state index in [0.29, 0.717) is 5.69 Å². The van der Waals surface area contributed by atoms with Crippen LogP contribution in [0.3, 0.4) is 0 Å². The van der Waals surface area contributed by atoms with Gasteiger partial charge in [0.05, 0.1) is 17.4 Å². The molecule has 0 radical (unpaired) electrons. The molecule has 0 aliphatic heterocycles. The maximum atomic E-state index is 13.0. The number of carbonyl (C=O) groups is 1. The first-order valence-electron chi connectivity index (χ1n) is 8.52. The molecule has 1 amide bonds. The van der Waals surface area contributed by atoms with Crippen molar-refractivity contribution in [1.29, 1.82) is 0 Å². The second-order valence-electron chi connectivity index (χ2n) is 6.30. The fourth-order valence-electron chi connectivity index (χ4n) is 3.42. The number of carbonyl (C=O) groups excluding carboxylic acids is 1. The van der Waals surface area contributed by atoms with Crippen molar-refractivity contribution in [3.63, 3.8) is 0 Å². The number of hydrogen-bond donors (Lipinski definition) is 1. The number of benzene rings is 1. The van der Waals surface area contributed by atoms with Crippen LogP contribution in [0.4, 0.5) is 0 Å². The monoisotopic (exact) mass is 320 g/mol. The summed E-state index contributed by atoms with van der Waals surface area (Å²) in [6.45, 7) is 0. The zero-order valence-electron chi connectivity index (χ0n) is 13.5. The van der Waals surface area contributed by atoms with Gasteiger partial charge in [0.2, 0.25) is 0 Å². The highest BCUT2D eigenvalue weighted by Crippen LogP contribution is 2.23. The molecular weight excluding hydrogens is 300 g/mol. The van der Waals surface area contributed by atoms with Crippen molar-refractivity contribution in [3.8, 4) is 5.69 Å². The molecule has 0 unspecified atom stereocenters. The highest BCUT2D eigenvalue weighted by atomic mass is 16.2. The smallest absolute Gasteiger partial charge is 0.270 e. The van der Waals surface area contributed by atoms with Crippen molar-refractivity contribution < 1.29 is 4.79 Å². The average Bonchev–Trinajstić information content (AvgIpc) is 3.03. The Bertz CT molecular complexity index is 850. The van der Waals surface area contributed by atoms with Crippen LogP contribution in [-0.4, -0.2) is 26.7 Å². The Balaban J connectivity index is 1.76. The van der Waals surface area contributed by atoms with E-state index in [2.05, 4.69) is 15.4 Å². The van der Waals surface area contributed by atoms with Gasteiger partial charge in [-0.05, 0) is 31.0 Å². The van der Waals surface area contributed by atoms with Crippen LogP contribution in [0.5, 0.6) is 0 Å². The van der Waals surface area contributed by atoms with E-state index in [0.717, 1.165) is 29.4 Å². The van der Waals surface area contributed by atoms with Crippen LogP contribution in [0.2, 0.25) is 0 Å². The summed E-state index contributed by atoms with van der Waals surface area (Å²) < 4.78 is 1.70. The number of nitrogens with one attached hydrogen (secondary N) is 1. The molecule has 1 N–H and O–H groups in total. The van der Waals surface area contributed by atoms with Crippen LogP contribution >= 0.6 is 0 Å². The molecule has 3 aromatic rings. The molecule has 122 valence electrons. The Labute approximate surface area is 140 Å². The number of rotatable bonds is 3. The molecule has 5 heteroatoms. The molecule has 2 aromatic heterocycles. The SMILES string of the molecule is O=C(NC1CCCCC1)c1c2ccccc2nn1-c1cccnc1. The van der Waals surface area contributed by atoms with Gasteiger partial charge in [0, 0.05) is 17.6 Å². The van der Waals surface area contributed by atoms with Gasteiger partial charge in [0.15, 0.2) is 0 Å². The molecule has 1 aliphatic rings. The molecule has 1 aliphatic carbocycles. The Kier molecular flexibility index (Phi) is 3.99. The first kappa shape index (κ1) is 14.9. The molecule has 0 spiro atoms. The summed E-state index contributed by atoms with van der Waals surface area (Å²) in [5.41, 5.74) is 2.20. The number of pyridine rings is 1. The molecule has 24 heavy (non-hydrogen) atoms. The highest BCUT2D eigenvalue weighted by Gasteiger charge is 2.23. The Morgan fingerprint density at radius 3 is 2.71 bits per heavy atom. The third-order valence-electron chi connectivity index (χ3n) is 4.62. The van der Waals surface area contributed by atoms with Crippen molar-refractivity contribution in [2.45, 2.75) is 38.1 Å². The van der Waals surface area contributed by atoms with Crippen molar-refractivity contribution in [2.24, 2.45) is 0 Å². The van der Waals surface area contributed by atoms with Gasteiger partial charge in [0.1, 0.15) is 5.69 Å². The second-order valence-corrected chi connectivity index (χ2v) is 6.30. The van der Waals surface area contributed by atoms with Crippen molar-refractivity contribution in [3.05, 3.63) is 54.5 Å². The minimum Gasteiger partial charge on any atom is -0.348 e. The highest BCUT2D eigenvalue weighted by molar-refractivity contribution is 6.05. The van der Waals surface area contributed by atoms with Gasteiger partial charge in [-0.3, -0.25) is 9.78 Å². The molecule has 5 nitrogen and oxygen atoms in total. The predicted molar refractivity (Wildman–Crippen MR) is 93.2 cm³/mol. The summed E-state index contributed by atoms with van der Waals surface area (Å²) >= 11 is 0. The average molecular weight is 320 g/mol. The molecule has 0 atom stereocenters. The fourth-order valence-corrected chi connectivity index (χ4v) is 3.42. The molecule has 1 fully saturated rings. The van der Waals surface area contributed by atoms with Gasteiger partial charge < -0.3 is 5.32 Å². The topological polar surface area (TPSA) is 59.8 Å². The Morgan fingerprint density at radius 2 is 1.92 bits per heavy atom. The van der Waals surface area contributed by atoms with Gasteiger partial charge in [-0.2, -0.15) is 5.10 Å². The maximum Gasteiger partial charge on any atom is 0.270 e. The first-order valence-corrected chi connectivity index (χ1v) is 8.52. The number of aromatic nitrogens is 3. The van der Waals surface area contributed by atoms with E-state index in [1.807, 2.05) is 36.4 Å². The zero-order valence-corrected chi connectivity index (χ0v) is 13.5. The lowest BCUT2D eigenvalue weighted by Crippen LogP contribution is -2.37. The van der Waals surface area contributed by atoms with Crippen LogP contribution in [0.1, 0.15) is 42.6 Å². The Morgan fingerprint density at radius 1 is 1.08 bits per heavy atom. The van der Waals surface area contributed by atoms with Gasteiger partial charge in [-0.25, -0.2) is 4.68 Å². The quantitative estimate of drug-likeness (QED) is 0.803. The molecule has 4 rings (SSSR count). The van der Waals surface area contributed by atoms with E-state index in [9.17, 15) is 4.79 Å².